The van der Waals surface area contributed by atoms with Crippen LogP contribution in [0.3, 0.4) is 0 Å². The molecule has 1 rings (SSSR count). The maximum absolute atomic E-state index is 11.7. The van der Waals surface area contributed by atoms with E-state index >= 15 is 0 Å². The van der Waals surface area contributed by atoms with E-state index in [0.717, 1.165) is 5.56 Å². The van der Waals surface area contributed by atoms with Gasteiger partial charge >= 0.3 is 0 Å². The number of halogens is 1. The van der Waals surface area contributed by atoms with Gasteiger partial charge in [0.1, 0.15) is 0 Å². The van der Waals surface area contributed by atoms with Crippen LogP contribution in [0.25, 0.3) is 0 Å². The van der Waals surface area contributed by atoms with E-state index in [1.807, 2.05) is 13.8 Å². The fourth-order valence-electron chi connectivity index (χ4n) is 1.49. The molecule has 0 fully saturated rings. The van der Waals surface area contributed by atoms with Crippen molar-refractivity contribution in [2.45, 2.75) is 20.4 Å². The Labute approximate surface area is 101 Å². The van der Waals surface area contributed by atoms with Crippen molar-refractivity contribution in [2.75, 3.05) is 12.8 Å². The minimum atomic E-state index is -0.00941. The van der Waals surface area contributed by atoms with Crippen molar-refractivity contribution in [3.63, 3.8) is 0 Å². The molecule has 0 aromatic heterocycles. The number of carbonyl (C=O) groups excluding carboxylic acids is 1. The molecule has 0 heterocycles. The Bertz CT molecular complexity index is 391. The second kappa shape index (κ2) is 5.21. The first kappa shape index (κ1) is 12.8. The second-order valence-electron chi connectivity index (χ2n) is 4.20. The van der Waals surface area contributed by atoms with Gasteiger partial charge in [0.2, 0.25) is 5.91 Å². The average molecular weight is 241 g/mol. The van der Waals surface area contributed by atoms with E-state index in [4.69, 9.17) is 17.3 Å². The Morgan fingerprint density at radius 2 is 2.12 bits per heavy atom. The fraction of sp³-hybridized carbons (Fsp3) is 0.417. The van der Waals surface area contributed by atoms with E-state index in [2.05, 4.69) is 0 Å². The van der Waals surface area contributed by atoms with Crippen LogP contribution < -0.4 is 5.73 Å². The molecule has 2 N–H and O–H groups in total. The molecule has 0 aliphatic carbocycles. The fourth-order valence-corrected chi connectivity index (χ4v) is 1.67. The summed E-state index contributed by atoms with van der Waals surface area (Å²) in [6.45, 7) is 4.24. The summed E-state index contributed by atoms with van der Waals surface area (Å²) in [5.41, 5.74) is 7.21. The van der Waals surface area contributed by atoms with E-state index in [9.17, 15) is 4.79 Å². The predicted molar refractivity (Wildman–Crippen MR) is 67.2 cm³/mol. The molecule has 1 amide bonds. The van der Waals surface area contributed by atoms with E-state index in [1.54, 1.807) is 30.1 Å². The lowest BCUT2D eigenvalue weighted by atomic mass is 10.1. The van der Waals surface area contributed by atoms with Crippen molar-refractivity contribution in [1.29, 1.82) is 0 Å². The summed E-state index contributed by atoms with van der Waals surface area (Å²) in [5.74, 6) is 0.0864. The van der Waals surface area contributed by atoms with Crippen molar-refractivity contribution in [2.24, 2.45) is 5.92 Å². The number of rotatable bonds is 3. The van der Waals surface area contributed by atoms with Crippen LogP contribution in [0.5, 0.6) is 0 Å². The number of anilines is 1. The van der Waals surface area contributed by atoms with Gasteiger partial charge in [-0.05, 0) is 23.8 Å². The monoisotopic (exact) mass is 240 g/mol. The van der Waals surface area contributed by atoms with Crippen LogP contribution in [0.1, 0.15) is 19.4 Å². The quantitative estimate of drug-likeness (QED) is 0.826. The van der Waals surface area contributed by atoms with Gasteiger partial charge in [0.25, 0.3) is 0 Å². The number of amides is 1. The molecule has 0 saturated carbocycles. The first-order valence-electron chi connectivity index (χ1n) is 5.20. The molecule has 1 aromatic carbocycles. The van der Waals surface area contributed by atoms with Crippen LogP contribution in [0.15, 0.2) is 18.2 Å². The summed E-state index contributed by atoms with van der Waals surface area (Å²) < 4.78 is 0. The summed E-state index contributed by atoms with van der Waals surface area (Å²) in [4.78, 5) is 13.4. The summed E-state index contributed by atoms with van der Waals surface area (Å²) in [6.07, 6.45) is 0. The highest BCUT2D eigenvalue weighted by molar-refractivity contribution is 6.31. The van der Waals surface area contributed by atoms with Gasteiger partial charge in [-0.1, -0.05) is 25.4 Å². The van der Waals surface area contributed by atoms with Crippen LogP contribution >= 0.6 is 11.6 Å². The Balaban J connectivity index is 2.80. The molecule has 0 radical (unpaired) electrons. The smallest absolute Gasteiger partial charge is 0.225 e. The maximum atomic E-state index is 11.7. The Kier molecular flexibility index (Phi) is 4.19. The number of nitrogens with zero attached hydrogens (tertiary/aromatic N) is 1. The van der Waals surface area contributed by atoms with Crippen LogP contribution in [0.4, 0.5) is 5.69 Å². The number of nitrogen functional groups attached to an aromatic ring is 1. The Hall–Kier alpha value is -1.22. The third-order valence-electron chi connectivity index (χ3n) is 2.35. The maximum Gasteiger partial charge on any atom is 0.225 e. The zero-order chi connectivity index (χ0) is 12.3. The third-order valence-corrected chi connectivity index (χ3v) is 2.72. The van der Waals surface area contributed by atoms with Gasteiger partial charge in [-0.3, -0.25) is 4.79 Å². The lowest BCUT2D eigenvalue weighted by Crippen LogP contribution is -2.30. The van der Waals surface area contributed by atoms with Gasteiger partial charge in [-0.15, -0.1) is 0 Å². The molecule has 16 heavy (non-hydrogen) atoms. The lowest BCUT2D eigenvalue weighted by Gasteiger charge is -2.20. The van der Waals surface area contributed by atoms with Crippen LogP contribution in [-0.2, 0) is 11.3 Å². The molecule has 3 nitrogen and oxygen atoms in total. The number of carbonyl (C=O) groups is 1. The molecule has 0 bridgehead atoms. The van der Waals surface area contributed by atoms with Crippen molar-refractivity contribution in [1.82, 2.24) is 4.90 Å². The minimum absolute atomic E-state index is 0.00941. The number of hydrogen-bond acceptors (Lipinski definition) is 2. The highest BCUT2D eigenvalue weighted by Crippen LogP contribution is 2.20. The molecule has 0 aliphatic rings. The van der Waals surface area contributed by atoms with Gasteiger partial charge in [-0.25, -0.2) is 0 Å². The van der Waals surface area contributed by atoms with Gasteiger partial charge in [0.05, 0.1) is 0 Å². The SMILES string of the molecule is CC(C)C(=O)N(C)Cc1cc(N)ccc1Cl. The van der Waals surface area contributed by atoms with Crippen LogP contribution in [0, 0.1) is 5.92 Å². The first-order valence-corrected chi connectivity index (χ1v) is 5.58. The highest BCUT2D eigenvalue weighted by Gasteiger charge is 2.14. The number of benzene rings is 1. The zero-order valence-electron chi connectivity index (χ0n) is 9.83. The van der Waals surface area contributed by atoms with E-state index < -0.39 is 0 Å². The topological polar surface area (TPSA) is 46.3 Å². The van der Waals surface area contributed by atoms with Crippen LogP contribution in [-0.4, -0.2) is 17.9 Å². The second-order valence-corrected chi connectivity index (χ2v) is 4.61. The lowest BCUT2D eigenvalue weighted by molar-refractivity contribution is -0.133. The summed E-state index contributed by atoms with van der Waals surface area (Å²) in [5, 5.41) is 0.637. The molecule has 0 aliphatic heterocycles. The molecule has 1 aromatic rings. The molecule has 0 saturated heterocycles. The van der Waals surface area contributed by atoms with Crippen molar-refractivity contribution in [3.8, 4) is 0 Å². The summed E-state index contributed by atoms with van der Waals surface area (Å²) >= 11 is 6.03. The van der Waals surface area contributed by atoms with E-state index in [1.165, 1.54) is 0 Å². The Morgan fingerprint density at radius 3 is 2.69 bits per heavy atom. The molecular weight excluding hydrogens is 224 g/mol. The standard InChI is InChI=1S/C12H17ClN2O/c1-8(2)12(16)15(3)7-9-6-10(14)4-5-11(9)13/h4-6,8H,7,14H2,1-3H3. The number of nitrogens with two attached hydrogens (primary N) is 1. The van der Waals surface area contributed by atoms with E-state index in [-0.39, 0.29) is 11.8 Å². The van der Waals surface area contributed by atoms with Crippen LogP contribution in [0.2, 0.25) is 5.02 Å². The van der Waals surface area contributed by atoms with Gasteiger partial charge in [0.15, 0.2) is 0 Å². The average Bonchev–Trinajstić information content (AvgIpc) is 2.22. The molecular formula is C12H17ClN2O. The van der Waals surface area contributed by atoms with Gasteiger partial charge < -0.3 is 10.6 Å². The van der Waals surface area contributed by atoms with Gasteiger partial charge in [-0.2, -0.15) is 0 Å². The Morgan fingerprint density at radius 1 is 1.50 bits per heavy atom. The predicted octanol–water partition coefficient (Wildman–Crippen LogP) is 2.54. The summed E-state index contributed by atoms with van der Waals surface area (Å²) in [6, 6.07) is 5.29. The third kappa shape index (κ3) is 3.14. The molecule has 88 valence electrons. The molecule has 4 heteroatoms. The first-order chi connectivity index (χ1) is 7.41. The molecule has 0 unspecified atom stereocenters. The van der Waals surface area contributed by atoms with Crippen molar-refractivity contribution >= 4 is 23.2 Å². The van der Waals surface area contributed by atoms with Crippen molar-refractivity contribution in [3.05, 3.63) is 28.8 Å². The highest BCUT2D eigenvalue weighted by atomic mass is 35.5. The van der Waals surface area contributed by atoms with Gasteiger partial charge in [0, 0.05) is 30.2 Å². The van der Waals surface area contributed by atoms with E-state index in [0.29, 0.717) is 17.3 Å². The zero-order valence-corrected chi connectivity index (χ0v) is 10.6. The number of hydrogen-bond donors (Lipinski definition) is 1. The summed E-state index contributed by atoms with van der Waals surface area (Å²) in [7, 11) is 1.77. The normalized spacial score (nSPS) is 10.6. The molecule has 0 atom stereocenters. The van der Waals surface area contributed by atoms with Crippen molar-refractivity contribution < 1.29 is 4.79 Å². The minimum Gasteiger partial charge on any atom is -0.399 e. The largest absolute Gasteiger partial charge is 0.399 e. The molecule has 0 spiro atoms.